The highest BCUT2D eigenvalue weighted by Gasteiger charge is 2.19. The van der Waals surface area contributed by atoms with Crippen molar-refractivity contribution in [3.05, 3.63) is 34.9 Å². The summed E-state index contributed by atoms with van der Waals surface area (Å²) in [7, 11) is 0.904. The van der Waals surface area contributed by atoms with Gasteiger partial charge in [-0.3, -0.25) is 0 Å². The van der Waals surface area contributed by atoms with Crippen LogP contribution in [0.15, 0.2) is 18.2 Å². The van der Waals surface area contributed by atoms with Crippen molar-refractivity contribution in [1.29, 1.82) is 0 Å². The second-order valence-corrected chi connectivity index (χ2v) is 9.77. The molecule has 0 aliphatic carbocycles. The maximum Gasteiger partial charge on any atom is 0.338 e. The van der Waals surface area contributed by atoms with Gasteiger partial charge in [0.2, 0.25) is 0 Å². The van der Waals surface area contributed by atoms with Crippen molar-refractivity contribution in [2.24, 2.45) is 0 Å². The predicted molar refractivity (Wildman–Crippen MR) is 77.3 cm³/mol. The van der Waals surface area contributed by atoms with Crippen LogP contribution in [0.25, 0.3) is 0 Å². The summed E-state index contributed by atoms with van der Waals surface area (Å²) >= 11 is 0. The number of carbonyl (C=O) groups is 2. The van der Waals surface area contributed by atoms with E-state index in [0.717, 1.165) is 0 Å². The monoisotopic (exact) mass is 296 g/mol. The van der Waals surface area contributed by atoms with Gasteiger partial charge in [0.25, 0.3) is 0 Å². The highest BCUT2D eigenvalue weighted by molar-refractivity contribution is 6.69. The molecule has 20 heavy (non-hydrogen) atoms. The number of ether oxygens (including phenoxy) is 2. The third-order valence-corrected chi connectivity index (χ3v) is 3.60. The first kappa shape index (κ1) is 16.4. The fourth-order valence-corrected chi connectivity index (χ4v) is 2.15. The van der Waals surface area contributed by atoms with E-state index in [-0.39, 0.29) is 6.61 Å². The predicted octanol–water partition coefficient (Wildman–Crippen LogP) is 2.61. The second-order valence-electron chi connectivity index (χ2n) is 5.26. The number of rotatable bonds is 5. The van der Waals surface area contributed by atoms with Gasteiger partial charge >= 0.3 is 11.9 Å². The first-order valence-corrected chi connectivity index (χ1v) is 9.63. The average molecular weight is 296 g/mol. The molecule has 0 spiro atoms. The number of methoxy groups -OCH3 is 2. The van der Waals surface area contributed by atoms with E-state index < -0.39 is 20.3 Å². The largest absolute Gasteiger partial charge is 0.465 e. The molecule has 0 amide bonds. The Morgan fingerprint density at radius 1 is 1.05 bits per heavy atom. The van der Waals surface area contributed by atoms with Gasteiger partial charge in [-0.2, -0.15) is 0 Å². The van der Waals surface area contributed by atoms with E-state index in [2.05, 4.69) is 24.4 Å². The van der Waals surface area contributed by atoms with Gasteiger partial charge in [0.05, 0.1) is 32.0 Å². The Hall–Kier alpha value is -1.66. The highest BCUT2D eigenvalue weighted by atomic mass is 28.4. The zero-order valence-electron chi connectivity index (χ0n) is 12.5. The van der Waals surface area contributed by atoms with Crippen LogP contribution in [0.4, 0.5) is 0 Å². The number of hydrogen-bond acceptors (Lipinski definition) is 5. The first-order chi connectivity index (χ1) is 9.28. The van der Waals surface area contributed by atoms with Gasteiger partial charge in [0.15, 0.2) is 8.32 Å². The van der Waals surface area contributed by atoms with Crippen LogP contribution in [0.5, 0.6) is 0 Å². The highest BCUT2D eigenvalue weighted by Crippen LogP contribution is 2.17. The maximum absolute atomic E-state index is 11.7. The number of carbonyl (C=O) groups excluding carboxylic acids is 2. The summed E-state index contributed by atoms with van der Waals surface area (Å²) in [6, 6.07) is 4.70. The summed E-state index contributed by atoms with van der Waals surface area (Å²) in [4.78, 5) is 23.3. The van der Waals surface area contributed by atoms with E-state index in [9.17, 15) is 9.59 Å². The van der Waals surface area contributed by atoms with Crippen molar-refractivity contribution >= 4 is 20.3 Å². The molecule has 110 valence electrons. The Morgan fingerprint density at radius 2 is 1.65 bits per heavy atom. The minimum atomic E-state index is -1.73. The first-order valence-electron chi connectivity index (χ1n) is 6.22. The summed E-state index contributed by atoms with van der Waals surface area (Å²) in [6.07, 6.45) is 0. The van der Waals surface area contributed by atoms with Gasteiger partial charge in [0.1, 0.15) is 0 Å². The molecule has 0 radical (unpaired) electrons. The molecule has 0 heterocycles. The maximum atomic E-state index is 11.7. The van der Waals surface area contributed by atoms with E-state index in [4.69, 9.17) is 9.16 Å². The molecule has 0 fully saturated rings. The van der Waals surface area contributed by atoms with Crippen LogP contribution < -0.4 is 0 Å². The van der Waals surface area contributed by atoms with Crippen LogP contribution >= 0.6 is 0 Å². The van der Waals surface area contributed by atoms with Crippen molar-refractivity contribution in [3.8, 4) is 0 Å². The zero-order chi connectivity index (χ0) is 15.3. The van der Waals surface area contributed by atoms with Crippen LogP contribution in [0.1, 0.15) is 26.3 Å². The SMILES string of the molecule is COC(=O)c1ccc(C(=O)OC)c(CO[Si](C)(C)C)c1. The molecule has 0 bridgehead atoms. The van der Waals surface area contributed by atoms with Gasteiger partial charge in [-0.05, 0) is 43.4 Å². The fourth-order valence-electron chi connectivity index (χ4n) is 1.56. The molecule has 5 nitrogen and oxygen atoms in total. The van der Waals surface area contributed by atoms with Crippen LogP contribution in [-0.2, 0) is 20.5 Å². The van der Waals surface area contributed by atoms with Crippen molar-refractivity contribution in [2.75, 3.05) is 14.2 Å². The quantitative estimate of drug-likeness (QED) is 0.617. The fraction of sp³-hybridized carbons (Fsp3) is 0.429. The smallest absolute Gasteiger partial charge is 0.338 e. The molecule has 0 saturated carbocycles. The van der Waals surface area contributed by atoms with Gasteiger partial charge in [-0.25, -0.2) is 9.59 Å². The molecule has 0 aromatic heterocycles. The molecular formula is C14H20O5Si. The second kappa shape index (κ2) is 6.67. The normalized spacial score (nSPS) is 11.1. The molecule has 0 N–H and O–H groups in total. The standard InChI is InChI=1S/C14H20O5Si/c1-17-13(15)10-6-7-12(14(16)18-2)11(8-10)9-19-20(3,4)5/h6-8H,9H2,1-5H3. The van der Waals surface area contributed by atoms with Crippen molar-refractivity contribution < 1.29 is 23.5 Å². The molecule has 0 atom stereocenters. The molecule has 1 aromatic rings. The van der Waals surface area contributed by atoms with Crippen LogP contribution in [-0.4, -0.2) is 34.5 Å². The Balaban J connectivity index is 3.12. The van der Waals surface area contributed by atoms with Crippen LogP contribution in [0.2, 0.25) is 19.6 Å². The number of esters is 2. The molecule has 1 rings (SSSR count). The molecular weight excluding hydrogens is 276 g/mol. The lowest BCUT2D eigenvalue weighted by molar-refractivity contribution is 0.0584. The van der Waals surface area contributed by atoms with E-state index in [0.29, 0.717) is 16.7 Å². The lowest BCUT2D eigenvalue weighted by Gasteiger charge is -2.18. The lowest BCUT2D eigenvalue weighted by Crippen LogP contribution is -2.25. The van der Waals surface area contributed by atoms with Crippen molar-refractivity contribution in [2.45, 2.75) is 26.2 Å². The van der Waals surface area contributed by atoms with Gasteiger partial charge < -0.3 is 13.9 Å². The minimum absolute atomic E-state index is 0.269. The minimum Gasteiger partial charge on any atom is -0.465 e. The number of hydrogen-bond donors (Lipinski definition) is 0. The average Bonchev–Trinajstić information content (AvgIpc) is 2.42. The Kier molecular flexibility index (Phi) is 5.47. The molecule has 0 unspecified atom stereocenters. The summed E-state index contributed by atoms with van der Waals surface area (Å²) in [6.45, 7) is 6.42. The van der Waals surface area contributed by atoms with Crippen LogP contribution in [0.3, 0.4) is 0 Å². The Labute approximate surface area is 120 Å². The Bertz CT molecular complexity index is 505. The van der Waals surface area contributed by atoms with Crippen molar-refractivity contribution in [3.63, 3.8) is 0 Å². The molecule has 0 aliphatic heterocycles. The van der Waals surface area contributed by atoms with E-state index in [1.165, 1.54) is 20.3 Å². The van der Waals surface area contributed by atoms with Gasteiger partial charge in [-0.15, -0.1) is 0 Å². The summed E-state index contributed by atoms with van der Waals surface area (Å²) in [5, 5.41) is 0. The Morgan fingerprint density at radius 3 is 2.15 bits per heavy atom. The lowest BCUT2D eigenvalue weighted by atomic mass is 10.0. The summed E-state index contributed by atoms with van der Waals surface area (Å²) in [5.74, 6) is -0.897. The summed E-state index contributed by atoms with van der Waals surface area (Å²) in [5.41, 5.74) is 1.41. The topological polar surface area (TPSA) is 61.8 Å². The van der Waals surface area contributed by atoms with E-state index in [1.807, 2.05) is 0 Å². The third-order valence-electron chi connectivity index (χ3n) is 2.59. The molecule has 0 aliphatic rings. The molecule has 6 heteroatoms. The van der Waals surface area contributed by atoms with Crippen molar-refractivity contribution in [1.82, 2.24) is 0 Å². The molecule has 1 aromatic carbocycles. The zero-order valence-corrected chi connectivity index (χ0v) is 13.5. The molecule has 0 saturated heterocycles. The number of benzene rings is 1. The third kappa shape index (κ3) is 4.46. The van der Waals surface area contributed by atoms with Crippen LogP contribution in [0, 0.1) is 0 Å². The summed E-state index contributed by atoms with van der Waals surface area (Å²) < 4.78 is 15.2. The van der Waals surface area contributed by atoms with E-state index in [1.54, 1.807) is 12.1 Å². The van der Waals surface area contributed by atoms with Gasteiger partial charge in [-0.1, -0.05) is 0 Å². The van der Waals surface area contributed by atoms with E-state index >= 15 is 0 Å². The van der Waals surface area contributed by atoms with Gasteiger partial charge in [0, 0.05) is 0 Å².